The first-order chi connectivity index (χ1) is 10.6. The summed E-state index contributed by atoms with van der Waals surface area (Å²) in [5.74, 6) is -1.92. The molecule has 1 unspecified atom stereocenters. The Bertz CT molecular complexity index is 704. The van der Waals surface area contributed by atoms with Gasteiger partial charge in [0.05, 0.1) is 23.6 Å². The number of nitrogens with zero attached hydrogens (tertiary/aromatic N) is 3. The average Bonchev–Trinajstić information content (AvgIpc) is 3.12. The first-order valence-electron chi connectivity index (χ1n) is 6.75. The van der Waals surface area contributed by atoms with Gasteiger partial charge in [0.1, 0.15) is 0 Å². The lowest BCUT2D eigenvalue weighted by molar-refractivity contribution is -0.169. The molecule has 3 rings (SSSR count). The number of hydrogen-bond donors (Lipinski definition) is 0. The molecule has 1 aliphatic rings. The molecular formula is C15H13N3O4. The quantitative estimate of drug-likeness (QED) is 0.801. The van der Waals surface area contributed by atoms with Crippen LogP contribution >= 0.6 is 0 Å². The van der Waals surface area contributed by atoms with Gasteiger partial charge in [0.15, 0.2) is 0 Å². The van der Waals surface area contributed by atoms with E-state index in [0.717, 1.165) is 0 Å². The van der Waals surface area contributed by atoms with Crippen LogP contribution in [0.4, 0.5) is 0 Å². The smallest absolute Gasteiger partial charge is 0.330 e. The molecule has 0 spiro atoms. The Labute approximate surface area is 126 Å². The van der Waals surface area contributed by atoms with Crippen LogP contribution in [0.2, 0.25) is 0 Å². The lowest BCUT2D eigenvalue weighted by Gasteiger charge is -2.15. The molecule has 0 radical (unpaired) electrons. The Morgan fingerprint density at radius 2 is 1.82 bits per heavy atom. The lowest BCUT2D eigenvalue weighted by Crippen LogP contribution is -2.33. The predicted molar refractivity (Wildman–Crippen MR) is 74.6 cm³/mol. The van der Waals surface area contributed by atoms with E-state index in [-0.39, 0.29) is 23.6 Å². The van der Waals surface area contributed by atoms with E-state index in [1.807, 2.05) is 0 Å². The molecule has 1 aromatic carbocycles. The number of carbonyl (C=O) groups is 3. The fourth-order valence-electron chi connectivity index (χ4n) is 2.27. The van der Waals surface area contributed by atoms with Gasteiger partial charge in [0, 0.05) is 12.4 Å². The van der Waals surface area contributed by atoms with Crippen LogP contribution in [0.5, 0.6) is 0 Å². The zero-order valence-electron chi connectivity index (χ0n) is 11.8. The summed E-state index contributed by atoms with van der Waals surface area (Å²) in [4.78, 5) is 41.0. The van der Waals surface area contributed by atoms with Gasteiger partial charge in [-0.3, -0.25) is 14.3 Å². The van der Waals surface area contributed by atoms with E-state index in [1.54, 1.807) is 42.2 Å². The van der Waals surface area contributed by atoms with E-state index in [9.17, 15) is 14.4 Å². The minimum atomic E-state index is -0.669. The maximum Gasteiger partial charge on any atom is 0.335 e. The molecule has 1 atom stereocenters. The third-order valence-corrected chi connectivity index (χ3v) is 3.39. The molecule has 1 aromatic heterocycles. The van der Waals surface area contributed by atoms with Gasteiger partial charge in [-0.15, -0.1) is 0 Å². The van der Waals surface area contributed by atoms with Gasteiger partial charge in [-0.2, -0.15) is 5.10 Å². The molecule has 2 heterocycles. The van der Waals surface area contributed by atoms with Crippen LogP contribution in [0.3, 0.4) is 0 Å². The molecule has 2 amide bonds. The number of benzene rings is 1. The number of carbonyl (C=O) groups excluding carboxylic acids is 3. The van der Waals surface area contributed by atoms with E-state index in [4.69, 9.17) is 4.84 Å². The van der Waals surface area contributed by atoms with Gasteiger partial charge >= 0.3 is 5.97 Å². The molecule has 0 saturated heterocycles. The van der Waals surface area contributed by atoms with Crippen molar-refractivity contribution in [1.29, 1.82) is 0 Å². The van der Waals surface area contributed by atoms with Crippen LogP contribution in [0.15, 0.2) is 42.7 Å². The monoisotopic (exact) mass is 299 g/mol. The number of rotatable bonds is 4. The zero-order chi connectivity index (χ0) is 15.7. The molecule has 0 saturated carbocycles. The number of fused-ring (bicyclic) bond motifs is 1. The number of aromatic nitrogens is 2. The van der Waals surface area contributed by atoms with E-state index < -0.39 is 17.8 Å². The van der Waals surface area contributed by atoms with Crippen molar-refractivity contribution in [2.75, 3.05) is 0 Å². The Morgan fingerprint density at radius 3 is 2.36 bits per heavy atom. The minimum absolute atomic E-state index is 0.00488. The SMILES string of the molecule is CC(CC(=O)ON1C(=O)c2ccccc2C1=O)n1cccn1. The standard InChI is InChI=1S/C15H13N3O4/c1-10(17-8-4-7-16-17)9-13(19)22-18-14(20)11-5-2-3-6-12(11)15(18)21/h2-8,10H,9H2,1H3. The fourth-order valence-corrected chi connectivity index (χ4v) is 2.27. The van der Waals surface area contributed by atoms with Crippen molar-refractivity contribution in [1.82, 2.24) is 14.8 Å². The van der Waals surface area contributed by atoms with Crippen molar-refractivity contribution in [2.24, 2.45) is 0 Å². The molecule has 0 fully saturated rings. The average molecular weight is 299 g/mol. The molecule has 7 nitrogen and oxygen atoms in total. The van der Waals surface area contributed by atoms with Crippen molar-refractivity contribution in [3.63, 3.8) is 0 Å². The van der Waals surface area contributed by atoms with Gasteiger partial charge in [0.25, 0.3) is 11.8 Å². The summed E-state index contributed by atoms with van der Waals surface area (Å²) in [6.45, 7) is 1.79. The van der Waals surface area contributed by atoms with Crippen molar-refractivity contribution < 1.29 is 19.2 Å². The second kappa shape index (κ2) is 5.44. The van der Waals surface area contributed by atoms with Crippen molar-refractivity contribution in [3.05, 3.63) is 53.9 Å². The Morgan fingerprint density at radius 1 is 1.18 bits per heavy atom. The molecular weight excluding hydrogens is 286 g/mol. The normalized spacial score (nSPS) is 14.9. The minimum Gasteiger partial charge on any atom is -0.330 e. The summed E-state index contributed by atoms with van der Waals surface area (Å²) >= 11 is 0. The summed E-state index contributed by atoms with van der Waals surface area (Å²) in [6, 6.07) is 7.85. The van der Waals surface area contributed by atoms with Gasteiger partial charge < -0.3 is 4.84 Å². The van der Waals surface area contributed by atoms with Crippen molar-refractivity contribution in [2.45, 2.75) is 19.4 Å². The second-order valence-electron chi connectivity index (χ2n) is 4.95. The highest BCUT2D eigenvalue weighted by Gasteiger charge is 2.38. The topological polar surface area (TPSA) is 81.5 Å². The molecule has 2 aromatic rings. The van der Waals surface area contributed by atoms with Gasteiger partial charge in [-0.1, -0.05) is 17.2 Å². The number of hydroxylamine groups is 2. The van der Waals surface area contributed by atoms with Crippen LogP contribution in [0.1, 0.15) is 40.1 Å². The Kier molecular flexibility index (Phi) is 3.46. The zero-order valence-corrected chi connectivity index (χ0v) is 11.8. The van der Waals surface area contributed by atoms with Crippen molar-refractivity contribution in [3.8, 4) is 0 Å². The molecule has 22 heavy (non-hydrogen) atoms. The van der Waals surface area contributed by atoms with Crippen LogP contribution in [-0.2, 0) is 9.63 Å². The van der Waals surface area contributed by atoms with Crippen LogP contribution in [0, 0.1) is 0 Å². The summed E-state index contributed by atoms with van der Waals surface area (Å²) in [6.07, 6.45) is 3.32. The van der Waals surface area contributed by atoms with Crippen molar-refractivity contribution >= 4 is 17.8 Å². The van der Waals surface area contributed by atoms with Crippen LogP contribution in [0.25, 0.3) is 0 Å². The maximum atomic E-state index is 12.1. The van der Waals surface area contributed by atoms with Crippen LogP contribution < -0.4 is 0 Å². The van der Waals surface area contributed by atoms with E-state index in [2.05, 4.69) is 5.10 Å². The number of imide groups is 1. The second-order valence-corrected chi connectivity index (χ2v) is 4.95. The fraction of sp³-hybridized carbons (Fsp3) is 0.200. The van der Waals surface area contributed by atoms with Gasteiger partial charge in [-0.05, 0) is 25.1 Å². The van der Waals surface area contributed by atoms with E-state index >= 15 is 0 Å². The first kappa shape index (κ1) is 14.0. The summed E-state index contributed by atoms with van der Waals surface area (Å²) < 4.78 is 1.60. The molecule has 112 valence electrons. The first-order valence-corrected chi connectivity index (χ1v) is 6.75. The third-order valence-electron chi connectivity index (χ3n) is 3.39. The van der Waals surface area contributed by atoms with Crippen LogP contribution in [-0.4, -0.2) is 32.6 Å². The number of hydrogen-bond acceptors (Lipinski definition) is 5. The number of amides is 2. The summed E-state index contributed by atoms with van der Waals surface area (Å²) in [5.41, 5.74) is 0.473. The lowest BCUT2D eigenvalue weighted by atomic mass is 10.1. The third kappa shape index (κ3) is 2.37. The molecule has 0 bridgehead atoms. The largest absolute Gasteiger partial charge is 0.335 e. The highest BCUT2D eigenvalue weighted by molar-refractivity contribution is 6.20. The molecule has 1 aliphatic heterocycles. The Balaban J connectivity index is 1.68. The molecule has 0 aliphatic carbocycles. The predicted octanol–water partition coefficient (Wildman–Crippen LogP) is 1.59. The van der Waals surface area contributed by atoms with Gasteiger partial charge in [-0.25, -0.2) is 4.79 Å². The maximum absolute atomic E-state index is 12.1. The van der Waals surface area contributed by atoms with E-state index in [0.29, 0.717) is 5.06 Å². The van der Waals surface area contributed by atoms with E-state index in [1.165, 1.54) is 12.1 Å². The summed E-state index contributed by atoms with van der Waals surface area (Å²) in [5, 5.41) is 4.54. The van der Waals surface area contributed by atoms with Gasteiger partial charge in [0.2, 0.25) is 0 Å². The molecule has 7 heteroatoms. The molecule has 0 N–H and O–H groups in total. The highest BCUT2D eigenvalue weighted by Crippen LogP contribution is 2.23. The Hall–Kier alpha value is -2.96. The highest BCUT2D eigenvalue weighted by atomic mass is 16.7. The summed E-state index contributed by atoms with van der Waals surface area (Å²) in [7, 11) is 0.